The van der Waals surface area contributed by atoms with E-state index < -0.39 is 17.4 Å². The minimum atomic E-state index is -1.11. The largest absolute Gasteiger partial charge is 0.480 e. The van der Waals surface area contributed by atoms with Crippen molar-refractivity contribution in [1.29, 1.82) is 0 Å². The molecule has 1 fully saturated rings. The van der Waals surface area contributed by atoms with Crippen LogP contribution in [0.15, 0.2) is 18.3 Å². The third-order valence-electron chi connectivity index (χ3n) is 2.57. The number of hydrogen-bond donors (Lipinski definition) is 3. The van der Waals surface area contributed by atoms with Gasteiger partial charge in [0.2, 0.25) is 0 Å². The number of nitrogen functional groups attached to an aromatic ring is 1. The predicted molar refractivity (Wildman–Crippen MR) is 55.7 cm³/mol. The van der Waals surface area contributed by atoms with Crippen molar-refractivity contribution in [3.8, 4) is 0 Å². The Morgan fingerprint density at radius 3 is 2.69 bits per heavy atom. The summed E-state index contributed by atoms with van der Waals surface area (Å²) in [5.41, 5.74) is 4.76. The SMILES string of the molecule is Nc1cccnc1C(=O)NC1(C(=O)O)CC1. The van der Waals surface area contributed by atoms with Crippen molar-refractivity contribution in [3.05, 3.63) is 24.0 Å². The van der Waals surface area contributed by atoms with Gasteiger partial charge in [-0.05, 0) is 25.0 Å². The van der Waals surface area contributed by atoms with Gasteiger partial charge in [0, 0.05) is 6.20 Å². The number of carbonyl (C=O) groups is 2. The van der Waals surface area contributed by atoms with Crippen molar-refractivity contribution < 1.29 is 14.7 Å². The lowest BCUT2D eigenvalue weighted by Gasteiger charge is -2.12. The molecule has 84 valence electrons. The maximum atomic E-state index is 11.7. The molecule has 1 saturated carbocycles. The third-order valence-corrected chi connectivity index (χ3v) is 2.57. The average molecular weight is 221 g/mol. The first-order valence-electron chi connectivity index (χ1n) is 4.81. The molecule has 1 aliphatic rings. The number of pyridine rings is 1. The highest BCUT2D eigenvalue weighted by Gasteiger charge is 2.51. The fourth-order valence-corrected chi connectivity index (χ4v) is 1.40. The van der Waals surface area contributed by atoms with Crippen LogP contribution in [0.5, 0.6) is 0 Å². The first-order valence-corrected chi connectivity index (χ1v) is 4.81. The van der Waals surface area contributed by atoms with Crippen LogP contribution in [0.25, 0.3) is 0 Å². The number of nitrogens with one attached hydrogen (secondary N) is 1. The molecule has 1 aliphatic carbocycles. The van der Waals surface area contributed by atoms with Crippen LogP contribution in [-0.4, -0.2) is 27.5 Å². The fraction of sp³-hybridized carbons (Fsp3) is 0.300. The summed E-state index contributed by atoms with van der Waals surface area (Å²) in [6, 6.07) is 3.15. The molecular formula is C10H11N3O3. The highest BCUT2D eigenvalue weighted by Crippen LogP contribution is 2.35. The quantitative estimate of drug-likeness (QED) is 0.666. The summed E-state index contributed by atoms with van der Waals surface area (Å²) in [5, 5.41) is 11.3. The second-order valence-electron chi connectivity index (χ2n) is 3.78. The maximum Gasteiger partial charge on any atom is 0.329 e. The zero-order valence-electron chi connectivity index (χ0n) is 8.43. The Bertz CT molecular complexity index is 454. The lowest BCUT2D eigenvalue weighted by molar-refractivity contribution is -0.140. The third kappa shape index (κ3) is 1.69. The second kappa shape index (κ2) is 3.48. The molecule has 0 unspecified atom stereocenters. The molecule has 0 spiro atoms. The molecule has 0 bridgehead atoms. The van der Waals surface area contributed by atoms with Gasteiger partial charge in [0.25, 0.3) is 5.91 Å². The van der Waals surface area contributed by atoms with Crippen LogP contribution in [0, 0.1) is 0 Å². The van der Waals surface area contributed by atoms with E-state index in [1.807, 2.05) is 0 Å². The minimum Gasteiger partial charge on any atom is -0.480 e. The second-order valence-corrected chi connectivity index (χ2v) is 3.78. The van der Waals surface area contributed by atoms with E-state index in [9.17, 15) is 9.59 Å². The van der Waals surface area contributed by atoms with Gasteiger partial charge >= 0.3 is 5.97 Å². The molecule has 1 aromatic heterocycles. The minimum absolute atomic E-state index is 0.0648. The molecule has 0 saturated heterocycles. The number of nitrogens with zero attached hydrogens (tertiary/aromatic N) is 1. The van der Waals surface area contributed by atoms with Crippen molar-refractivity contribution in [2.24, 2.45) is 0 Å². The number of aromatic nitrogens is 1. The molecule has 0 aliphatic heterocycles. The maximum absolute atomic E-state index is 11.7. The van der Waals surface area contributed by atoms with Crippen LogP contribution in [-0.2, 0) is 4.79 Å². The number of rotatable bonds is 3. The summed E-state index contributed by atoms with van der Waals surface area (Å²) in [4.78, 5) is 26.4. The Morgan fingerprint density at radius 2 is 2.19 bits per heavy atom. The van der Waals surface area contributed by atoms with Gasteiger partial charge in [0.05, 0.1) is 5.69 Å². The number of nitrogens with two attached hydrogens (primary N) is 1. The summed E-state index contributed by atoms with van der Waals surface area (Å²) in [7, 11) is 0. The summed E-state index contributed by atoms with van der Waals surface area (Å²) in [5.74, 6) is -1.56. The first-order chi connectivity index (χ1) is 7.55. The van der Waals surface area contributed by atoms with E-state index in [0.29, 0.717) is 12.8 Å². The molecule has 0 atom stereocenters. The molecule has 1 amide bonds. The van der Waals surface area contributed by atoms with Crippen LogP contribution < -0.4 is 11.1 Å². The lowest BCUT2D eigenvalue weighted by Crippen LogP contribution is -2.43. The first kappa shape index (κ1) is 10.4. The fourth-order valence-electron chi connectivity index (χ4n) is 1.40. The van der Waals surface area contributed by atoms with Crippen molar-refractivity contribution in [3.63, 3.8) is 0 Å². The summed E-state index contributed by atoms with van der Waals surface area (Å²) < 4.78 is 0. The van der Waals surface area contributed by atoms with Crippen LogP contribution in [0.3, 0.4) is 0 Å². The molecule has 1 aromatic rings. The Labute approximate surface area is 91.5 Å². The number of aliphatic carboxylic acids is 1. The van der Waals surface area contributed by atoms with E-state index in [2.05, 4.69) is 10.3 Å². The normalized spacial score (nSPS) is 16.5. The van der Waals surface area contributed by atoms with Crippen molar-refractivity contribution in [1.82, 2.24) is 10.3 Å². The summed E-state index contributed by atoms with van der Waals surface area (Å²) in [6.45, 7) is 0. The van der Waals surface area contributed by atoms with E-state index >= 15 is 0 Å². The standard InChI is InChI=1S/C10H11N3O3/c11-6-2-1-5-12-7(6)8(14)13-10(3-4-10)9(15)16/h1-2,5H,3-4,11H2,(H,13,14)(H,15,16). The van der Waals surface area contributed by atoms with E-state index in [0.717, 1.165) is 0 Å². The monoisotopic (exact) mass is 221 g/mol. The number of carboxylic acids is 1. The van der Waals surface area contributed by atoms with Crippen molar-refractivity contribution in [2.75, 3.05) is 5.73 Å². The summed E-state index contributed by atoms with van der Waals surface area (Å²) >= 11 is 0. The molecule has 0 radical (unpaired) electrons. The summed E-state index contributed by atoms with van der Waals surface area (Å²) in [6.07, 6.45) is 2.33. The smallest absolute Gasteiger partial charge is 0.329 e. The zero-order valence-corrected chi connectivity index (χ0v) is 8.43. The molecule has 2 rings (SSSR count). The zero-order chi connectivity index (χ0) is 11.8. The molecule has 0 aromatic carbocycles. The van der Waals surface area contributed by atoms with Gasteiger partial charge in [0.1, 0.15) is 5.54 Å². The van der Waals surface area contributed by atoms with Gasteiger partial charge in [-0.3, -0.25) is 4.79 Å². The average Bonchev–Trinajstić information content (AvgIpc) is 2.99. The molecule has 1 heterocycles. The van der Waals surface area contributed by atoms with Gasteiger partial charge in [0.15, 0.2) is 5.69 Å². The number of anilines is 1. The van der Waals surface area contributed by atoms with Crippen LogP contribution in [0.2, 0.25) is 0 Å². The van der Waals surface area contributed by atoms with Crippen LogP contribution in [0.1, 0.15) is 23.3 Å². The molecular weight excluding hydrogens is 210 g/mol. The molecule has 4 N–H and O–H groups in total. The van der Waals surface area contributed by atoms with Gasteiger partial charge in [-0.15, -0.1) is 0 Å². The Morgan fingerprint density at radius 1 is 1.50 bits per heavy atom. The van der Waals surface area contributed by atoms with E-state index in [1.165, 1.54) is 6.20 Å². The Kier molecular flexibility index (Phi) is 2.26. The van der Waals surface area contributed by atoms with E-state index in [4.69, 9.17) is 10.8 Å². The molecule has 16 heavy (non-hydrogen) atoms. The predicted octanol–water partition coefficient (Wildman–Crippen LogP) is 0.0108. The van der Waals surface area contributed by atoms with Gasteiger partial charge in [-0.2, -0.15) is 0 Å². The van der Waals surface area contributed by atoms with Crippen LogP contribution in [0.4, 0.5) is 5.69 Å². The molecule has 6 nitrogen and oxygen atoms in total. The highest BCUT2D eigenvalue weighted by molar-refractivity contribution is 6.00. The number of amides is 1. The Hall–Kier alpha value is -2.11. The van der Waals surface area contributed by atoms with E-state index in [-0.39, 0.29) is 11.4 Å². The number of carboxylic acid groups (broad SMARTS) is 1. The van der Waals surface area contributed by atoms with Crippen molar-refractivity contribution in [2.45, 2.75) is 18.4 Å². The number of hydrogen-bond acceptors (Lipinski definition) is 4. The van der Waals surface area contributed by atoms with E-state index in [1.54, 1.807) is 12.1 Å². The van der Waals surface area contributed by atoms with Crippen molar-refractivity contribution >= 4 is 17.6 Å². The van der Waals surface area contributed by atoms with Crippen LogP contribution >= 0.6 is 0 Å². The topological polar surface area (TPSA) is 105 Å². The van der Waals surface area contributed by atoms with Gasteiger partial charge in [-0.25, -0.2) is 9.78 Å². The molecule has 6 heteroatoms. The number of carbonyl (C=O) groups excluding carboxylic acids is 1. The van der Waals surface area contributed by atoms with Gasteiger partial charge < -0.3 is 16.2 Å². The lowest BCUT2D eigenvalue weighted by atomic mass is 10.2. The highest BCUT2D eigenvalue weighted by atomic mass is 16.4. The van der Waals surface area contributed by atoms with Gasteiger partial charge in [-0.1, -0.05) is 0 Å². The Balaban J connectivity index is 2.16.